The fourth-order valence-corrected chi connectivity index (χ4v) is 8.09. The SMILES string of the molecule is COC(=O)CCCCCCCCO[C@@H]1OC(CO)[C@H](O)C(OC2OC(CO)[C@@H](O)C(O[C@]3(C(=O)O)CC(O)[C@@H](NC(C)=O)C(C(O)C(O)CO)O3)C2O)C1NC(=O)c1cc(OC)c(O)c(OC)c1. The Kier molecular flexibility index (Phi) is 21.8. The second-order valence-electron chi connectivity index (χ2n) is 16.5. The number of hydrogen-bond donors (Lipinski definition) is 13. The Morgan fingerprint density at radius 3 is 1.91 bits per heavy atom. The van der Waals surface area contributed by atoms with Gasteiger partial charge in [0.2, 0.25) is 11.7 Å². The highest BCUT2D eigenvalue weighted by Crippen LogP contribution is 2.40. The minimum atomic E-state index is -3.12. The number of amides is 2. The molecule has 26 nitrogen and oxygen atoms in total. The predicted molar refractivity (Wildman–Crippen MR) is 225 cm³/mol. The van der Waals surface area contributed by atoms with Gasteiger partial charge in [0.05, 0.1) is 53.3 Å². The van der Waals surface area contributed by atoms with Gasteiger partial charge in [-0.25, -0.2) is 4.79 Å². The molecule has 26 heteroatoms. The summed E-state index contributed by atoms with van der Waals surface area (Å²) in [6.07, 6.45) is -22.0. The molecule has 3 aliphatic rings. The van der Waals surface area contributed by atoms with Crippen molar-refractivity contribution in [3.8, 4) is 17.2 Å². The molecular weight excluding hydrogens is 916 g/mol. The molecule has 16 atom stereocenters. The molecule has 4 rings (SSSR count). The Hall–Kier alpha value is -4.10. The molecule has 0 aromatic heterocycles. The molecule has 0 spiro atoms. The van der Waals surface area contributed by atoms with Crippen LogP contribution in [0.2, 0.25) is 0 Å². The van der Waals surface area contributed by atoms with E-state index in [1.165, 1.54) is 33.5 Å². The third-order valence-corrected chi connectivity index (χ3v) is 11.8. The van der Waals surface area contributed by atoms with Crippen molar-refractivity contribution in [1.29, 1.82) is 0 Å². The number of phenolic OH excluding ortho intramolecular Hbond substituents is 1. The molecule has 3 fully saturated rings. The zero-order chi connectivity index (χ0) is 50.5. The molecule has 1 aromatic carbocycles. The van der Waals surface area contributed by atoms with Crippen molar-refractivity contribution in [3.05, 3.63) is 17.7 Å². The Labute approximate surface area is 390 Å². The van der Waals surface area contributed by atoms with Crippen LogP contribution in [0.5, 0.6) is 17.2 Å². The van der Waals surface area contributed by atoms with E-state index in [0.29, 0.717) is 25.7 Å². The smallest absolute Gasteiger partial charge is 0.364 e. The van der Waals surface area contributed by atoms with E-state index in [-0.39, 0.29) is 29.6 Å². The van der Waals surface area contributed by atoms with E-state index in [0.717, 1.165) is 26.2 Å². The Balaban J connectivity index is 1.67. The highest BCUT2D eigenvalue weighted by Gasteiger charge is 2.60. The number of aliphatic hydroxyl groups excluding tert-OH is 9. The molecule has 2 amide bonds. The van der Waals surface area contributed by atoms with Crippen molar-refractivity contribution in [1.82, 2.24) is 10.6 Å². The van der Waals surface area contributed by atoms with Gasteiger partial charge in [-0.3, -0.25) is 14.4 Å². The highest BCUT2D eigenvalue weighted by atomic mass is 16.8. The van der Waals surface area contributed by atoms with E-state index in [4.69, 9.17) is 37.9 Å². The minimum absolute atomic E-state index is 0.00476. The molecule has 0 aliphatic carbocycles. The van der Waals surface area contributed by atoms with Gasteiger partial charge in [-0.1, -0.05) is 25.7 Å². The number of aliphatic hydroxyl groups is 9. The van der Waals surface area contributed by atoms with Gasteiger partial charge in [0.1, 0.15) is 67.1 Å². The van der Waals surface area contributed by atoms with Gasteiger partial charge in [0.15, 0.2) is 24.1 Å². The van der Waals surface area contributed by atoms with Crippen LogP contribution in [0.4, 0.5) is 0 Å². The lowest BCUT2D eigenvalue weighted by Crippen LogP contribution is -2.71. The topological polar surface area (TPSA) is 398 Å². The largest absolute Gasteiger partial charge is 0.502 e. The molecule has 0 saturated carbocycles. The van der Waals surface area contributed by atoms with Crippen LogP contribution in [0.15, 0.2) is 12.1 Å². The Bertz CT molecular complexity index is 1770. The second-order valence-corrected chi connectivity index (χ2v) is 16.5. The number of methoxy groups -OCH3 is 3. The molecule has 0 bridgehead atoms. The lowest BCUT2D eigenvalue weighted by Gasteiger charge is -2.51. The number of carbonyl (C=O) groups is 4. The van der Waals surface area contributed by atoms with E-state index < -0.39 is 147 Å². The first-order valence-corrected chi connectivity index (χ1v) is 22.0. The number of hydrogen-bond acceptors (Lipinski definition) is 23. The third-order valence-electron chi connectivity index (χ3n) is 11.8. The molecule has 1 aromatic rings. The average Bonchev–Trinajstić information content (AvgIpc) is 3.31. The van der Waals surface area contributed by atoms with Gasteiger partial charge in [-0.2, -0.15) is 0 Å². The van der Waals surface area contributed by atoms with Gasteiger partial charge in [0.25, 0.3) is 11.7 Å². The number of carboxylic acid groups (broad SMARTS) is 1. The third kappa shape index (κ3) is 13.8. The maximum absolute atomic E-state index is 14.0. The number of carboxylic acids is 1. The summed E-state index contributed by atoms with van der Waals surface area (Å²) in [4.78, 5) is 50.5. The Morgan fingerprint density at radius 1 is 0.794 bits per heavy atom. The summed E-state index contributed by atoms with van der Waals surface area (Å²) in [5.41, 5.74) is -0.157. The number of aromatic hydroxyl groups is 1. The second kappa shape index (κ2) is 26.2. The van der Waals surface area contributed by atoms with Gasteiger partial charge in [-0.15, -0.1) is 0 Å². The van der Waals surface area contributed by atoms with Crippen molar-refractivity contribution in [3.63, 3.8) is 0 Å². The first-order valence-electron chi connectivity index (χ1n) is 22.0. The zero-order valence-corrected chi connectivity index (χ0v) is 38.0. The van der Waals surface area contributed by atoms with E-state index in [2.05, 4.69) is 15.4 Å². The lowest BCUT2D eigenvalue weighted by atomic mass is 9.88. The highest BCUT2D eigenvalue weighted by molar-refractivity contribution is 5.96. The van der Waals surface area contributed by atoms with E-state index >= 15 is 0 Å². The number of benzene rings is 1. The van der Waals surface area contributed by atoms with Crippen LogP contribution in [0.1, 0.15) is 68.6 Å². The zero-order valence-electron chi connectivity index (χ0n) is 38.0. The summed E-state index contributed by atoms with van der Waals surface area (Å²) < 4.78 is 50.3. The number of ether oxygens (including phenoxy) is 9. The van der Waals surface area contributed by atoms with Crippen LogP contribution in [-0.4, -0.2) is 225 Å². The first kappa shape index (κ1) is 56.5. The molecule has 13 N–H and O–H groups in total. The Morgan fingerprint density at radius 2 is 1.37 bits per heavy atom. The van der Waals surface area contributed by atoms with Gasteiger partial charge < -0.3 is 109 Å². The summed E-state index contributed by atoms with van der Waals surface area (Å²) in [5, 5.41) is 123. The van der Waals surface area contributed by atoms with Crippen LogP contribution in [0.3, 0.4) is 0 Å². The monoisotopic (exact) mass is 982 g/mol. The van der Waals surface area contributed by atoms with Crippen molar-refractivity contribution >= 4 is 23.8 Å². The number of phenols is 1. The van der Waals surface area contributed by atoms with Gasteiger partial charge in [-0.05, 0) is 25.0 Å². The van der Waals surface area contributed by atoms with Gasteiger partial charge >= 0.3 is 11.9 Å². The van der Waals surface area contributed by atoms with E-state index in [9.17, 15) is 75.3 Å². The molecule has 0 radical (unpaired) electrons. The average molecular weight is 983 g/mol. The molecule has 68 heavy (non-hydrogen) atoms. The van der Waals surface area contributed by atoms with Crippen molar-refractivity contribution in [2.24, 2.45) is 0 Å². The number of nitrogens with one attached hydrogen (secondary N) is 2. The van der Waals surface area contributed by atoms with Crippen LogP contribution in [0, 0.1) is 0 Å². The predicted octanol–water partition coefficient (Wildman–Crippen LogP) is -4.13. The van der Waals surface area contributed by atoms with Crippen LogP contribution in [-0.2, 0) is 47.5 Å². The fourth-order valence-electron chi connectivity index (χ4n) is 8.09. The van der Waals surface area contributed by atoms with Crippen molar-refractivity contribution in [2.75, 3.05) is 47.8 Å². The summed E-state index contributed by atoms with van der Waals surface area (Å²) in [7, 11) is 3.76. The minimum Gasteiger partial charge on any atom is -0.502 e. The van der Waals surface area contributed by atoms with Crippen molar-refractivity contribution < 1.29 is 118 Å². The summed E-state index contributed by atoms with van der Waals surface area (Å²) in [5.74, 6) is -7.87. The molecule has 11 unspecified atom stereocenters. The number of unbranched alkanes of at least 4 members (excludes halogenated alkanes) is 5. The molecule has 3 heterocycles. The van der Waals surface area contributed by atoms with Crippen LogP contribution >= 0.6 is 0 Å². The molecule has 3 saturated heterocycles. The number of esters is 1. The number of aliphatic carboxylic acids is 1. The molecular formula is C42H66N2O24. The van der Waals surface area contributed by atoms with Gasteiger partial charge in [0, 0.05) is 31.9 Å². The van der Waals surface area contributed by atoms with Crippen LogP contribution in [0.25, 0.3) is 0 Å². The van der Waals surface area contributed by atoms with E-state index in [1.54, 1.807) is 0 Å². The summed E-state index contributed by atoms with van der Waals surface area (Å²) in [6.45, 7) is -1.95. The fraction of sp³-hybridized carbons (Fsp3) is 0.762. The number of rotatable bonds is 25. The van der Waals surface area contributed by atoms with E-state index in [1.807, 2.05) is 0 Å². The van der Waals surface area contributed by atoms with Crippen LogP contribution < -0.4 is 20.1 Å². The molecule has 388 valence electrons. The maximum Gasteiger partial charge on any atom is 0.364 e. The first-order chi connectivity index (χ1) is 32.3. The quantitative estimate of drug-likeness (QED) is 0.0327. The summed E-state index contributed by atoms with van der Waals surface area (Å²) in [6, 6.07) is -0.847. The number of carbonyl (C=O) groups excluding carboxylic acids is 3. The lowest BCUT2D eigenvalue weighted by molar-refractivity contribution is -0.381. The van der Waals surface area contributed by atoms with Crippen molar-refractivity contribution in [2.45, 2.75) is 156 Å². The standard InChI is InChI=1S/C42H66N2O24/c1-19(48)43-28-21(49)15-42(41(58)59,67-36(28)30(52)22(50)16-45)68-37-33(55)26(18-47)65-40(34(37)56)66-35-29(44-38(57)20-13-23(60-2)31(53)24(14-20)61-3)39(64-25(17-46)32(35)54)63-12-10-8-6-5-7-9-11-27(51)62-4/h13-14,21-22,25-26,28-30,32-37,39-40,45-47,49-50,52-56H,5-12,15-18H2,1-4H3,(H,43,48)(H,44,57)(H,58,59)/t21?,22?,25?,26?,28-,29?,30?,32+,33-,34?,35?,36?,37?,39-,40?,42+/m1/s1. The normalized spacial score (nSPS) is 32.6. The maximum atomic E-state index is 14.0. The summed E-state index contributed by atoms with van der Waals surface area (Å²) >= 11 is 0. The molecule has 3 aliphatic heterocycles.